The molecule has 3 nitrogen and oxygen atoms in total. The predicted octanol–water partition coefficient (Wildman–Crippen LogP) is 7.11. The van der Waals surface area contributed by atoms with E-state index in [0.717, 1.165) is 38.2 Å². The Hall–Kier alpha value is -1.12. The van der Waals surface area contributed by atoms with Crippen molar-refractivity contribution in [2.75, 3.05) is 19.6 Å². The van der Waals surface area contributed by atoms with E-state index in [1.54, 1.807) is 0 Å². The Bertz CT molecular complexity index is 442. The summed E-state index contributed by atoms with van der Waals surface area (Å²) >= 11 is 0. The van der Waals surface area contributed by atoms with Crippen molar-refractivity contribution in [2.45, 2.75) is 117 Å². The van der Waals surface area contributed by atoms with Crippen LogP contribution in [0.2, 0.25) is 0 Å². The number of nitrogens with zero attached hydrogens (tertiary/aromatic N) is 2. The fourth-order valence-electron chi connectivity index (χ4n) is 3.83. The zero-order valence-corrected chi connectivity index (χ0v) is 18.9. The van der Waals surface area contributed by atoms with Crippen LogP contribution in [0.15, 0.2) is 17.1 Å². The first-order chi connectivity index (χ1) is 13.7. The van der Waals surface area contributed by atoms with Crippen molar-refractivity contribution in [1.82, 2.24) is 4.90 Å². The normalized spacial score (nSPS) is 15.7. The molecule has 0 N–H and O–H groups in total. The highest BCUT2D eigenvalue weighted by molar-refractivity contribution is 5.99. The lowest BCUT2D eigenvalue weighted by molar-refractivity contribution is -0.130. The number of rotatable bonds is 16. The van der Waals surface area contributed by atoms with Crippen LogP contribution in [0.1, 0.15) is 117 Å². The summed E-state index contributed by atoms with van der Waals surface area (Å²) in [5.41, 5.74) is 0.996. The Morgan fingerprint density at radius 2 is 1.43 bits per heavy atom. The Labute approximate surface area is 175 Å². The van der Waals surface area contributed by atoms with E-state index in [0.29, 0.717) is 6.42 Å². The number of carbonyl (C=O) groups excluding carboxylic acids is 1. The summed E-state index contributed by atoms with van der Waals surface area (Å²) < 4.78 is 0. The molecular weight excluding hydrogens is 344 g/mol. The summed E-state index contributed by atoms with van der Waals surface area (Å²) in [6, 6.07) is 0. The summed E-state index contributed by atoms with van der Waals surface area (Å²) in [6.45, 7) is 6.96. The largest absolute Gasteiger partial charge is 0.342 e. The minimum absolute atomic E-state index is 0.272. The van der Waals surface area contributed by atoms with E-state index in [4.69, 9.17) is 0 Å². The lowest BCUT2D eigenvalue weighted by Gasteiger charge is -2.24. The smallest absolute Gasteiger partial charge is 0.228 e. The van der Waals surface area contributed by atoms with Gasteiger partial charge in [0.05, 0.1) is 6.42 Å². The summed E-state index contributed by atoms with van der Waals surface area (Å²) in [5.74, 6) is 0.272. The van der Waals surface area contributed by atoms with Gasteiger partial charge in [-0.05, 0) is 45.4 Å². The number of aliphatic imine (C=N–C) groups is 1. The molecule has 0 bridgehead atoms. The van der Waals surface area contributed by atoms with Gasteiger partial charge >= 0.3 is 0 Å². The summed E-state index contributed by atoms with van der Waals surface area (Å²) in [5, 5.41) is 0. The number of carbonyl (C=O) groups is 1. The first kappa shape index (κ1) is 24.9. The molecule has 0 fully saturated rings. The molecule has 1 aliphatic rings. The zero-order valence-electron chi connectivity index (χ0n) is 18.9. The Morgan fingerprint density at radius 3 is 2.07 bits per heavy atom. The first-order valence-corrected chi connectivity index (χ1v) is 12.2. The minimum atomic E-state index is 0.272. The molecule has 0 aromatic carbocycles. The molecule has 1 amide bonds. The van der Waals surface area contributed by atoms with Gasteiger partial charge in [0.25, 0.3) is 0 Å². The topological polar surface area (TPSA) is 32.7 Å². The number of amides is 1. The van der Waals surface area contributed by atoms with Crippen LogP contribution >= 0.6 is 0 Å². The number of hydrogen-bond donors (Lipinski definition) is 0. The van der Waals surface area contributed by atoms with Gasteiger partial charge in [0.15, 0.2) is 0 Å². The van der Waals surface area contributed by atoms with Crippen LogP contribution < -0.4 is 0 Å². The second-order valence-corrected chi connectivity index (χ2v) is 8.47. The van der Waals surface area contributed by atoms with Gasteiger partial charge in [-0.15, -0.1) is 0 Å². The standard InChI is InChI=1S/C25H46N2O/c1-3-4-5-6-7-8-9-10-11-12-13-14-15-16-17-18-21-27-22-19-20-26-24(2)23-25(27)28/h10-11H,3-9,12-23H2,1-2H3/b11-10+,26-24?. The highest BCUT2D eigenvalue weighted by Crippen LogP contribution is 2.11. The monoisotopic (exact) mass is 390 g/mol. The fraction of sp³-hybridized carbons (Fsp3) is 0.840. The second-order valence-electron chi connectivity index (χ2n) is 8.47. The van der Waals surface area contributed by atoms with Crippen molar-refractivity contribution >= 4 is 11.6 Å². The van der Waals surface area contributed by atoms with Crippen LogP contribution in [0.3, 0.4) is 0 Å². The van der Waals surface area contributed by atoms with Crippen molar-refractivity contribution in [3.8, 4) is 0 Å². The quantitative estimate of drug-likeness (QED) is 0.204. The molecule has 0 unspecified atom stereocenters. The van der Waals surface area contributed by atoms with E-state index in [9.17, 15) is 4.79 Å². The van der Waals surface area contributed by atoms with Gasteiger partial charge in [-0.1, -0.05) is 76.9 Å². The summed E-state index contributed by atoms with van der Waals surface area (Å²) in [4.78, 5) is 18.7. The van der Waals surface area contributed by atoms with Gasteiger partial charge in [-0.2, -0.15) is 0 Å². The number of unbranched alkanes of at least 4 members (excludes halogenated alkanes) is 12. The van der Waals surface area contributed by atoms with Crippen molar-refractivity contribution in [3.05, 3.63) is 12.2 Å². The van der Waals surface area contributed by atoms with Gasteiger partial charge in [0.1, 0.15) is 0 Å². The van der Waals surface area contributed by atoms with E-state index in [1.807, 2.05) is 6.92 Å². The van der Waals surface area contributed by atoms with Gasteiger partial charge in [0.2, 0.25) is 5.91 Å². The third kappa shape index (κ3) is 14.0. The molecule has 0 saturated carbocycles. The maximum absolute atomic E-state index is 12.2. The summed E-state index contributed by atoms with van der Waals surface area (Å²) in [7, 11) is 0. The third-order valence-electron chi connectivity index (χ3n) is 5.67. The van der Waals surface area contributed by atoms with Crippen LogP contribution in [0, 0.1) is 0 Å². The molecular formula is C25H46N2O. The molecule has 1 heterocycles. The molecule has 0 aromatic heterocycles. The van der Waals surface area contributed by atoms with Crippen LogP contribution in [0.5, 0.6) is 0 Å². The maximum Gasteiger partial charge on any atom is 0.228 e. The van der Waals surface area contributed by atoms with E-state index in [2.05, 4.69) is 29.0 Å². The van der Waals surface area contributed by atoms with Crippen molar-refractivity contribution in [1.29, 1.82) is 0 Å². The lowest BCUT2D eigenvalue weighted by Crippen LogP contribution is -2.35. The van der Waals surface area contributed by atoms with Gasteiger partial charge in [-0.25, -0.2) is 0 Å². The van der Waals surface area contributed by atoms with E-state index < -0.39 is 0 Å². The molecule has 0 aromatic rings. The highest BCUT2D eigenvalue weighted by Gasteiger charge is 2.15. The number of hydrogen-bond acceptors (Lipinski definition) is 2. The molecule has 3 heteroatoms. The Morgan fingerprint density at radius 1 is 0.857 bits per heavy atom. The van der Waals surface area contributed by atoms with Crippen LogP contribution in [0.4, 0.5) is 0 Å². The SMILES string of the molecule is CCCCCCCC/C=C/CCCCCCCCN1CCCN=C(C)CC1=O. The predicted molar refractivity (Wildman–Crippen MR) is 123 cm³/mol. The molecule has 0 atom stereocenters. The molecule has 1 aliphatic heterocycles. The van der Waals surface area contributed by atoms with E-state index >= 15 is 0 Å². The minimum Gasteiger partial charge on any atom is -0.342 e. The Balaban J connectivity index is 1.88. The Kier molecular flexibility index (Phi) is 16.0. The summed E-state index contributed by atoms with van der Waals surface area (Å²) in [6.07, 6.45) is 24.9. The lowest BCUT2D eigenvalue weighted by atomic mass is 10.1. The molecule has 0 spiro atoms. The fourth-order valence-corrected chi connectivity index (χ4v) is 3.83. The third-order valence-corrected chi connectivity index (χ3v) is 5.67. The van der Waals surface area contributed by atoms with Crippen molar-refractivity contribution in [3.63, 3.8) is 0 Å². The van der Waals surface area contributed by atoms with Gasteiger partial charge in [-0.3, -0.25) is 9.79 Å². The van der Waals surface area contributed by atoms with Gasteiger partial charge in [0, 0.05) is 25.3 Å². The van der Waals surface area contributed by atoms with E-state index in [1.165, 1.54) is 83.5 Å². The van der Waals surface area contributed by atoms with Gasteiger partial charge < -0.3 is 4.90 Å². The molecule has 0 radical (unpaired) electrons. The highest BCUT2D eigenvalue weighted by atomic mass is 16.2. The zero-order chi connectivity index (χ0) is 20.3. The molecule has 1 rings (SSSR count). The van der Waals surface area contributed by atoms with E-state index in [-0.39, 0.29) is 5.91 Å². The average molecular weight is 391 g/mol. The van der Waals surface area contributed by atoms with Crippen molar-refractivity contribution in [2.24, 2.45) is 4.99 Å². The van der Waals surface area contributed by atoms with Crippen molar-refractivity contribution < 1.29 is 4.79 Å². The molecule has 0 aliphatic carbocycles. The average Bonchev–Trinajstić information content (AvgIpc) is 2.67. The molecule has 28 heavy (non-hydrogen) atoms. The number of allylic oxidation sites excluding steroid dienone is 2. The molecule has 162 valence electrons. The first-order valence-electron chi connectivity index (χ1n) is 12.2. The maximum atomic E-state index is 12.2. The van der Waals surface area contributed by atoms with Crippen LogP contribution in [-0.4, -0.2) is 36.2 Å². The van der Waals surface area contributed by atoms with Crippen LogP contribution in [0.25, 0.3) is 0 Å². The second kappa shape index (κ2) is 17.9. The molecule has 0 saturated heterocycles. The van der Waals surface area contributed by atoms with Crippen LogP contribution in [-0.2, 0) is 4.79 Å².